The van der Waals surface area contributed by atoms with Gasteiger partial charge in [-0.15, -0.1) is 11.8 Å². The zero-order valence-electron chi connectivity index (χ0n) is 11.8. The standard InChI is InChI=1S/C15H20O3S/c1-10(2)9-18-15(17)12(4)19-14-7-5-13(6-8-14)11(3)16/h5-8,10,12H,9H2,1-4H3. The van der Waals surface area contributed by atoms with Crippen LogP contribution in [-0.4, -0.2) is 23.6 Å². The first-order valence-corrected chi connectivity index (χ1v) is 7.22. The third-order valence-corrected chi connectivity index (χ3v) is 3.55. The second-order valence-electron chi connectivity index (χ2n) is 4.86. The van der Waals surface area contributed by atoms with Crippen molar-refractivity contribution in [3.63, 3.8) is 0 Å². The van der Waals surface area contributed by atoms with Gasteiger partial charge >= 0.3 is 5.97 Å². The van der Waals surface area contributed by atoms with E-state index in [0.29, 0.717) is 18.1 Å². The maximum atomic E-state index is 11.7. The number of hydrogen-bond acceptors (Lipinski definition) is 4. The third kappa shape index (κ3) is 5.47. The molecule has 0 radical (unpaired) electrons. The van der Waals surface area contributed by atoms with Crippen molar-refractivity contribution in [2.75, 3.05) is 6.61 Å². The van der Waals surface area contributed by atoms with Crippen molar-refractivity contribution >= 4 is 23.5 Å². The molecule has 1 aromatic rings. The molecular weight excluding hydrogens is 260 g/mol. The molecule has 1 aromatic carbocycles. The van der Waals surface area contributed by atoms with Crippen molar-refractivity contribution in [3.05, 3.63) is 29.8 Å². The summed E-state index contributed by atoms with van der Waals surface area (Å²) < 4.78 is 5.19. The molecule has 0 N–H and O–H groups in total. The molecule has 1 unspecified atom stereocenters. The minimum Gasteiger partial charge on any atom is -0.465 e. The highest BCUT2D eigenvalue weighted by molar-refractivity contribution is 8.00. The largest absolute Gasteiger partial charge is 0.465 e. The van der Waals surface area contributed by atoms with Gasteiger partial charge in [0.05, 0.1) is 6.61 Å². The second kappa shape index (κ2) is 7.34. The number of ether oxygens (including phenoxy) is 1. The number of thioether (sulfide) groups is 1. The smallest absolute Gasteiger partial charge is 0.319 e. The summed E-state index contributed by atoms with van der Waals surface area (Å²) in [6, 6.07) is 7.26. The average Bonchev–Trinajstić information content (AvgIpc) is 2.36. The number of ketones is 1. The van der Waals surface area contributed by atoms with Crippen LogP contribution in [-0.2, 0) is 9.53 Å². The van der Waals surface area contributed by atoms with Gasteiger partial charge < -0.3 is 4.74 Å². The molecule has 1 atom stereocenters. The highest BCUT2D eigenvalue weighted by Gasteiger charge is 2.16. The topological polar surface area (TPSA) is 43.4 Å². The number of hydrogen-bond donors (Lipinski definition) is 0. The summed E-state index contributed by atoms with van der Waals surface area (Å²) in [5, 5.41) is -0.248. The Morgan fingerprint density at radius 2 is 1.74 bits per heavy atom. The fraction of sp³-hybridized carbons (Fsp3) is 0.467. The predicted molar refractivity (Wildman–Crippen MR) is 77.6 cm³/mol. The lowest BCUT2D eigenvalue weighted by molar-refractivity contribution is -0.143. The van der Waals surface area contributed by atoms with Crippen LogP contribution in [0.3, 0.4) is 0 Å². The van der Waals surface area contributed by atoms with Gasteiger partial charge in [-0.3, -0.25) is 9.59 Å². The van der Waals surface area contributed by atoms with Crippen LogP contribution in [0.25, 0.3) is 0 Å². The summed E-state index contributed by atoms with van der Waals surface area (Å²) in [6.45, 7) is 7.82. The summed E-state index contributed by atoms with van der Waals surface area (Å²) in [7, 11) is 0. The van der Waals surface area contributed by atoms with Gasteiger partial charge in [0.1, 0.15) is 5.25 Å². The monoisotopic (exact) mass is 280 g/mol. The molecule has 19 heavy (non-hydrogen) atoms. The maximum Gasteiger partial charge on any atom is 0.319 e. The second-order valence-corrected chi connectivity index (χ2v) is 6.28. The summed E-state index contributed by atoms with van der Waals surface area (Å²) in [5.41, 5.74) is 0.680. The molecule has 0 heterocycles. The SMILES string of the molecule is CC(=O)c1ccc(SC(C)C(=O)OCC(C)C)cc1. The Kier molecular flexibility index (Phi) is 6.09. The van der Waals surface area contributed by atoms with E-state index in [9.17, 15) is 9.59 Å². The van der Waals surface area contributed by atoms with Gasteiger partial charge in [0.2, 0.25) is 0 Å². The lowest BCUT2D eigenvalue weighted by Gasteiger charge is -2.12. The van der Waals surface area contributed by atoms with Crippen molar-refractivity contribution in [2.45, 2.75) is 37.8 Å². The Morgan fingerprint density at radius 3 is 2.21 bits per heavy atom. The van der Waals surface area contributed by atoms with Crippen molar-refractivity contribution in [2.24, 2.45) is 5.92 Å². The molecule has 0 fully saturated rings. The Balaban J connectivity index is 2.54. The molecule has 0 spiro atoms. The molecule has 0 saturated carbocycles. The summed E-state index contributed by atoms with van der Waals surface area (Å²) in [6.07, 6.45) is 0. The molecule has 0 aromatic heterocycles. The third-order valence-electron chi connectivity index (χ3n) is 2.46. The van der Waals surface area contributed by atoms with Crippen LogP contribution in [0.5, 0.6) is 0 Å². The molecule has 104 valence electrons. The van der Waals surface area contributed by atoms with Gasteiger partial charge in [-0.2, -0.15) is 0 Å². The average molecular weight is 280 g/mol. The van der Waals surface area contributed by atoms with Gasteiger partial charge in [0.15, 0.2) is 5.78 Å². The number of benzene rings is 1. The van der Waals surface area contributed by atoms with E-state index in [1.807, 2.05) is 32.9 Å². The van der Waals surface area contributed by atoms with E-state index in [2.05, 4.69) is 0 Å². The van der Waals surface area contributed by atoms with Crippen LogP contribution >= 0.6 is 11.8 Å². The number of esters is 1. The maximum absolute atomic E-state index is 11.7. The highest BCUT2D eigenvalue weighted by Crippen LogP contribution is 2.24. The van der Waals surface area contributed by atoms with E-state index >= 15 is 0 Å². The summed E-state index contributed by atoms with van der Waals surface area (Å²) >= 11 is 1.44. The number of carbonyl (C=O) groups excluding carboxylic acids is 2. The lowest BCUT2D eigenvalue weighted by atomic mass is 10.2. The minimum atomic E-state index is -0.248. The molecule has 1 rings (SSSR count). The fourth-order valence-electron chi connectivity index (χ4n) is 1.39. The number of rotatable bonds is 6. The highest BCUT2D eigenvalue weighted by atomic mass is 32.2. The fourth-order valence-corrected chi connectivity index (χ4v) is 2.25. The number of Topliss-reactive ketones (excluding diaryl/α,β-unsaturated/α-hetero) is 1. The summed E-state index contributed by atoms with van der Waals surface area (Å²) in [5.74, 6) is 0.186. The Bertz CT molecular complexity index is 437. The molecule has 0 aliphatic rings. The molecule has 4 heteroatoms. The van der Waals surface area contributed by atoms with E-state index in [1.165, 1.54) is 18.7 Å². The zero-order chi connectivity index (χ0) is 14.4. The molecule has 0 bridgehead atoms. The first kappa shape index (κ1) is 15.8. The van der Waals surface area contributed by atoms with Crippen LogP contribution < -0.4 is 0 Å². The van der Waals surface area contributed by atoms with Crippen LogP contribution in [0, 0.1) is 5.92 Å². The Hall–Kier alpha value is -1.29. The van der Waals surface area contributed by atoms with Gasteiger partial charge in [0.25, 0.3) is 0 Å². The van der Waals surface area contributed by atoms with Crippen LogP contribution in [0.15, 0.2) is 29.2 Å². The van der Waals surface area contributed by atoms with Crippen molar-refractivity contribution in [1.82, 2.24) is 0 Å². The number of carbonyl (C=O) groups is 2. The molecule has 0 aliphatic carbocycles. The van der Waals surface area contributed by atoms with E-state index in [-0.39, 0.29) is 17.0 Å². The van der Waals surface area contributed by atoms with Crippen molar-refractivity contribution in [3.8, 4) is 0 Å². The minimum absolute atomic E-state index is 0.0425. The first-order chi connectivity index (χ1) is 8.90. The molecule has 0 aliphatic heterocycles. The molecular formula is C15H20O3S. The van der Waals surface area contributed by atoms with Gasteiger partial charge in [-0.1, -0.05) is 26.0 Å². The van der Waals surface area contributed by atoms with Crippen LogP contribution in [0.2, 0.25) is 0 Å². The van der Waals surface area contributed by atoms with Crippen molar-refractivity contribution in [1.29, 1.82) is 0 Å². The molecule has 0 amide bonds. The predicted octanol–water partition coefficient (Wildman–Crippen LogP) is 3.57. The lowest BCUT2D eigenvalue weighted by Crippen LogP contribution is -2.19. The van der Waals surface area contributed by atoms with Gasteiger partial charge in [-0.25, -0.2) is 0 Å². The molecule has 3 nitrogen and oxygen atoms in total. The van der Waals surface area contributed by atoms with E-state index in [4.69, 9.17) is 4.74 Å². The zero-order valence-corrected chi connectivity index (χ0v) is 12.6. The van der Waals surface area contributed by atoms with Gasteiger partial charge in [0, 0.05) is 10.5 Å². The Morgan fingerprint density at radius 1 is 1.16 bits per heavy atom. The van der Waals surface area contributed by atoms with E-state index in [1.54, 1.807) is 12.1 Å². The Labute approximate surface area is 118 Å². The van der Waals surface area contributed by atoms with Crippen LogP contribution in [0.4, 0.5) is 0 Å². The van der Waals surface area contributed by atoms with E-state index in [0.717, 1.165) is 4.90 Å². The van der Waals surface area contributed by atoms with Gasteiger partial charge in [-0.05, 0) is 31.9 Å². The normalized spacial score (nSPS) is 12.3. The first-order valence-electron chi connectivity index (χ1n) is 6.34. The van der Waals surface area contributed by atoms with Crippen molar-refractivity contribution < 1.29 is 14.3 Å². The van der Waals surface area contributed by atoms with E-state index < -0.39 is 0 Å². The molecule has 0 saturated heterocycles. The van der Waals surface area contributed by atoms with Crippen LogP contribution in [0.1, 0.15) is 38.1 Å². The quantitative estimate of drug-likeness (QED) is 0.454. The summed E-state index contributed by atoms with van der Waals surface area (Å²) in [4.78, 5) is 23.8.